The van der Waals surface area contributed by atoms with Crippen LogP contribution in [0.25, 0.3) is 0 Å². The first-order valence-electron chi connectivity index (χ1n) is 5.67. The molecule has 0 bridgehead atoms. The first-order valence-corrected chi connectivity index (χ1v) is 6.78. The highest BCUT2D eigenvalue weighted by molar-refractivity contribution is 7.90. The van der Waals surface area contributed by atoms with Gasteiger partial charge in [-0.1, -0.05) is 6.92 Å². The highest BCUT2D eigenvalue weighted by Crippen LogP contribution is 2.51. The van der Waals surface area contributed by atoms with Crippen molar-refractivity contribution >= 4 is 11.4 Å². The zero-order valence-electron chi connectivity index (χ0n) is 9.62. The minimum absolute atomic E-state index is 0.0862. The molecule has 1 saturated heterocycles. The maximum absolute atomic E-state index is 12.2. The van der Waals surface area contributed by atoms with E-state index in [4.69, 9.17) is 0 Å². The molecule has 1 aliphatic carbocycles. The summed E-state index contributed by atoms with van der Waals surface area (Å²) in [6, 6.07) is 1.27. The van der Waals surface area contributed by atoms with Gasteiger partial charge in [0.1, 0.15) is 4.75 Å². The Morgan fingerprint density at radius 1 is 1.36 bits per heavy atom. The van der Waals surface area contributed by atoms with Gasteiger partial charge in [0.15, 0.2) is 0 Å². The average molecular weight is 215 g/mol. The Hall–Kier alpha value is 0.270. The van der Waals surface area contributed by atoms with Gasteiger partial charge in [-0.05, 0) is 46.0 Å². The summed E-state index contributed by atoms with van der Waals surface area (Å²) in [5.41, 5.74) is 0. The summed E-state index contributed by atoms with van der Waals surface area (Å²) in [6.07, 6.45) is 3.88. The van der Waals surface area contributed by atoms with E-state index in [0.29, 0.717) is 12.1 Å². The van der Waals surface area contributed by atoms with Crippen LogP contribution >= 0.6 is 0 Å². The van der Waals surface area contributed by atoms with E-state index >= 15 is 0 Å². The Morgan fingerprint density at radius 2 is 1.93 bits per heavy atom. The predicted octanol–water partition coefficient (Wildman–Crippen LogP) is 2.32. The van der Waals surface area contributed by atoms with Crippen LogP contribution < -0.4 is 0 Å². The molecule has 3 heteroatoms. The lowest BCUT2D eigenvalue weighted by atomic mass is 10.2. The molecule has 0 N–H and O–H groups in total. The molecule has 0 amide bonds. The lowest BCUT2D eigenvalue weighted by Crippen LogP contribution is -2.35. The summed E-state index contributed by atoms with van der Waals surface area (Å²) in [6.45, 7) is 8.41. The molecule has 2 rings (SSSR count). The molecule has 0 aromatic heterocycles. The van der Waals surface area contributed by atoms with Crippen molar-refractivity contribution in [3.8, 4) is 0 Å². The van der Waals surface area contributed by atoms with Crippen molar-refractivity contribution in [2.75, 3.05) is 0 Å². The molecule has 0 aromatic rings. The number of hydrogen-bond donors (Lipinski definition) is 0. The number of nitrogens with zero attached hydrogens (tertiary/aromatic N) is 1. The van der Waals surface area contributed by atoms with Gasteiger partial charge < -0.3 is 4.55 Å². The lowest BCUT2D eigenvalue weighted by molar-refractivity contribution is 0.502. The second kappa shape index (κ2) is 3.39. The van der Waals surface area contributed by atoms with E-state index in [9.17, 15) is 4.55 Å². The third kappa shape index (κ3) is 1.82. The summed E-state index contributed by atoms with van der Waals surface area (Å²) >= 11 is -0.785. The van der Waals surface area contributed by atoms with Crippen LogP contribution in [0.3, 0.4) is 0 Å². The van der Waals surface area contributed by atoms with E-state index in [2.05, 4.69) is 32.0 Å². The van der Waals surface area contributed by atoms with Crippen molar-refractivity contribution in [3.05, 3.63) is 0 Å². The van der Waals surface area contributed by atoms with Gasteiger partial charge in [0.2, 0.25) is 0 Å². The molecule has 2 fully saturated rings. The quantitative estimate of drug-likeness (QED) is 0.533. The van der Waals surface area contributed by atoms with Crippen LogP contribution in [-0.4, -0.2) is 25.7 Å². The Balaban J connectivity index is 1.98. The molecule has 1 saturated carbocycles. The first kappa shape index (κ1) is 10.8. The first-order chi connectivity index (χ1) is 6.46. The van der Waals surface area contributed by atoms with Gasteiger partial charge in [0.25, 0.3) is 0 Å². The molecule has 82 valence electrons. The van der Waals surface area contributed by atoms with E-state index < -0.39 is 11.4 Å². The summed E-state index contributed by atoms with van der Waals surface area (Å²) in [5, 5.41) is 0. The zero-order chi connectivity index (χ0) is 10.5. The largest absolute Gasteiger partial charge is 0.597 e. The van der Waals surface area contributed by atoms with Crippen molar-refractivity contribution in [1.29, 1.82) is 0 Å². The Labute approximate surface area is 90.4 Å². The molecular formula is C11H21NOS. The monoisotopic (exact) mass is 215 g/mol. The predicted molar refractivity (Wildman–Crippen MR) is 60.3 cm³/mol. The van der Waals surface area contributed by atoms with Crippen molar-refractivity contribution in [1.82, 2.24) is 4.31 Å². The Bertz CT molecular complexity index is 222. The smallest absolute Gasteiger partial charge is 0.137 e. The average Bonchev–Trinajstić information content (AvgIpc) is 2.94. The molecule has 0 aromatic carbocycles. The van der Waals surface area contributed by atoms with Gasteiger partial charge in [-0.2, -0.15) is 0 Å². The van der Waals surface area contributed by atoms with E-state index in [-0.39, 0.29) is 4.75 Å². The normalized spacial score (nSPS) is 39.6. The fourth-order valence-electron chi connectivity index (χ4n) is 2.21. The van der Waals surface area contributed by atoms with Gasteiger partial charge in [-0.3, -0.25) is 0 Å². The molecule has 2 aliphatic rings. The van der Waals surface area contributed by atoms with E-state index in [1.165, 1.54) is 12.8 Å². The van der Waals surface area contributed by atoms with Crippen LogP contribution in [-0.2, 0) is 11.4 Å². The molecule has 1 aliphatic heterocycles. The van der Waals surface area contributed by atoms with Crippen LogP contribution in [0.1, 0.15) is 47.0 Å². The fourth-order valence-corrected chi connectivity index (χ4v) is 3.84. The SMILES string of the molecule is CC[C@@H]1[C@H](C2CC2)N1[S@@+]([O-])C(C)(C)C. The fraction of sp³-hybridized carbons (Fsp3) is 1.00. The summed E-state index contributed by atoms with van der Waals surface area (Å²) in [5.74, 6) is 0.867. The molecule has 14 heavy (non-hydrogen) atoms. The Kier molecular flexibility index (Phi) is 2.61. The molecule has 1 heterocycles. The van der Waals surface area contributed by atoms with E-state index in [0.717, 1.165) is 12.3 Å². The maximum Gasteiger partial charge on any atom is 0.137 e. The van der Waals surface area contributed by atoms with Crippen LogP contribution in [0.15, 0.2) is 0 Å². The molecule has 1 unspecified atom stereocenters. The third-order valence-electron chi connectivity index (χ3n) is 3.16. The molecule has 0 radical (unpaired) electrons. The van der Waals surface area contributed by atoms with Crippen LogP contribution in [0.5, 0.6) is 0 Å². The van der Waals surface area contributed by atoms with Crippen LogP contribution in [0.4, 0.5) is 0 Å². The summed E-state index contributed by atoms with van der Waals surface area (Å²) < 4.78 is 14.3. The number of hydrogen-bond acceptors (Lipinski definition) is 2. The summed E-state index contributed by atoms with van der Waals surface area (Å²) in [7, 11) is 0. The minimum Gasteiger partial charge on any atom is -0.597 e. The second-order valence-electron chi connectivity index (χ2n) is 5.53. The van der Waals surface area contributed by atoms with Gasteiger partial charge in [0, 0.05) is 11.4 Å². The van der Waals surface area contributed by atoms with Crippen molar-refractivity contribution in [2.45, 2.75) is 63.8 Å². The zero-order valence-corrected chi connectivity index (χ0v) is 10.4. The lowest BCUT2D eigenvalue weighted by Gasteiger charge is -2.24. The minimum atomic E-state index is -0.785. The summed E-state index contributed by atoms with van der Waals surface area (Å²) in [4.78, 5) is 0. The van der Waals surface area contributed by atoms with E-state index in [1.54, 1.807) is 0 Å². The van der Waals surface area contributed by atoms with E-state index in [1.807, 2.05) is 0 Å². The number of rotatable bonds is 3. The van der Waals surface area contributed by atoms with Gasteiger partial charge in [0.05, 0.1) is 12.1 Å². The van der Waals surface area contributed by atoms with Crippen molar-refractivity contribution in [3.63, 3.8) is 0 Å². The topological polar surface area (TPSA) is 26.1 Å². The maximum atomic E-state index is 12.2. The van der Waals surface area contributed by atoms with Crippen molar-refractivity contribution < 1.29 is 4.55 Å². The highest BCUT2D eigenvalue weighted by atomic mass is 32.2. The molecule has 4 atom stereocenters. The van der Waals surface area contributed by atoms with Gasteiger partial charge in [-0.15, -0.1) is 4.31 Å². The van der Waals surface area contributed by atoms with Gasteiger partial charge >= 0.3 is 0 Å². The second-order valence-corrected chi connectivity index (χ2v) is 7.67. The standard InChI is InChI=1S/C11H21NOS/c1-5-9-10(8-6-7-8)12(9)14(13)11(2,3)4/h8-10H,5-7H2,1-4H3/t9-,10+,12?,14+/m1/s1. The van der Waals surface area contributed by atoms with Crippen molar-refractivity contribution in [2.24, 2.45) is 5.92 Å². The molecular weight excluding hydrogens is 194 g/mol. The highest BCUT2D eigenvalue weighted by Gasteiger charge is 2.62. The van der Waals surface area contributed by atoms with Crippen LogP contribution in [0, 0.1) is 5.92 Å². The molecule has 0 spiro atoms. The third-order valence-corrected chi connectivity index (χ3v) is 5.11. The van der Waals surface area contributed by atoms with Gasteiger partial charge in [-0.25, -0.2) is 0 Å². The molecule has 2 nitrogen and oxygen atoms in total. The van der Waals surface area contributed by atoms with Crippen LogP contribution in [0.2, 0.25) is 0 Å². The Morgan fingerprint density at radius 3 is 2.29 bits per heavy atom.